The number of hydrogen-bond donors (Lipinski definition) is 1. The van der Waals surface area contributed by atoms with E-state index in [0.29, 0.717) is 17.5 Å². The highest BCUT2D eigenvalue weighted by Gasteiger charge is 2.28. The van der Waals surface area contributed by atoms with Crippen LogP contribution in [0, 0.1) is 5.41 Å². The van der Waals surface area contributed by atoms with Gasteiger partial charge in [-0.15, -0.1) is 0 Å². The molecule has 1 aliphatic carbocycles. The average Bonchev–Trinajstić information content (AvgIpc) is 2.15. The monoisotopic (exact) mass is 240 g/mol. The molecule has 1 saturated carbocycles. The molecule has 0 aromatic heterocycles. The lowest BCUT2D eigenvalue weighted by molar-refractivity contribution is 0.222. The first-order valence-corrected chi connectivity index (χ1v) is 7.51. The Morgan fingerprint density at radius 1 is 1.38 bits per heavy atom. The van der Waals surface area contributed by atoms with Gasteiger partial charge in [-0.25, -0.2) is 0 Å². The molecule has 0 spiro atoms. The highest BCUT2D eigenvalue weighted by molar-refractivity contribution is 8.13. The van der Waals surface area contributed by atoms with Crippen LogP contribution in [0.2, 0.25) is 0 Å². The third kappa shape index (κ3) is 3.41. The number of nitrogens with one attached hydrogen (secondary N) is 1. The molecule has 1 saturated heterocycles. The number of rotatable bonds is 1. The molecular weight excluding hydrogens is 216 g/mol. The van der Waals surface area contributed by atoms with Crippen molar-refractivity contribution in [1.82, 2.24) is 5.32 Å². The lowest BCUT2D eigenvalue weighted by Crippen LogP contribution is -2.37. The van der Waals surface area contributed by atoms with E-state index in [1.165, 1.54) is 43.0 Å². The van der Waals surface area contributed by atoms with Crippen LogP contribution in [0.1, 0.15) is 52.9 Å². The maximum absolute atomic E-state index is 4.91. The molecule has 92 valence electrons. The van der Waals surface area contributed by atoms with Gasteiger partial charge in [0.25, 0.3) is 0 Å². The molecule has 0 aromatic rings. The number of hydrogen-bond acceptors (Lipinski definition) is 2. The molecule has 2 fully saturated rings. The molecule has 2 aliphatic rings. The second-order valence-corrected chi connectivity index (χ2v) is 7.11. The minimum absolute atomic E-state index is 0.498. The molecule has 1 N–H and O–H groups in total. The summed E-state index contributed by atoms with van der Waals surface area (Å²) < 4.78 is 0. The van der Waals surface area contributed by atoms with Crippen molar-refractivity contribution in [3.63, 3.8) is 0 Å². The van der Waals surface area contributed by atoms with Gasteiger partial charge < -0.3 is 5.32 Å². The zero-order valence-electron chi connectivity index (χ0n) is 10.8. The van der Waals surface area contributed by atoms with Crippen molar-refractivity contribution in [1.29, 1.82) is 0 Å². The van der Waals surface area contributed by atoms with E-state index in [1.54, 1.807) is 0 Å². The van der Waals surface area contributed by atoms with Gasteiger partial charge in [-0.3, -0.25) is 4.99 Å². The first kappa shape index (κ1) is 12.3. The summed E-state index contributed by atoms with van der Waals surface area (Å²) in [5.74, 6) is 1.23. The van der Waals surface area contributed by atoms with Gasteiger partial charge in [0.15, 0.2) is 5.17 Å². The van der Waals surface area contributed by atoms with Gasteiger partial charge in [-0.2, -0.15) is 0 Å². The topological polar surface area (TPSA) is 24.4 Å². The molecule has 2 rings (SSSR count). The van der Waals surface area contributed by atoms with Crippen LogP contribution < -0.4 is 5.32 Å². The van der Waals surface area contributed by atoms with Crippen molar-refractivity contribution in [2.24, 2.45) is 10.4 Å². The molecule has 0 bridgehead atoms. The van der Waals surface area contributed by atoms with E-state index in [4.69, 9.17) is 4.99 Å². The molecule has 2 atom stereocenters. The summed E-state index contributed by atoms with van der Waals surface area (Å²) in [6.07, 6.45) is 6.51. The predicted molar refractivity (Wildman–Crippen MR) is 73.1 cm³/mol. The number of amidine groups is 1. The molecule has 3 heteroatoms. The lowest BCUT2D eigenvalue weighted by atomic mass is 9.75. The minimum Gasteiger partial charge on any atom is -0.362 e. The maximum Gasteiger partial charge on any atom is 0.157 e. The quantitative estimate of drug-likeness (QED) is 0.759. The van der Waals surface area contributed by atoms with E-state index < -0.39 is 0 Å². The summed E-state index contributed by atoms with van der Waals surface area (Å²) in [6, 6.07) is 1.17. The average molecular weight is 240 g/mol. The highest BCUT2D eigenvalue weighted by Crippen LogP contribution is 2.36. The molecule has 2 nitrogen and oxygen atoms in total. The van der Waals surface area contributed by atoms with E-state index in [9.17, 15) is 0 Å². The first-order chi connectivity index (χ1) is 7.55. The highest BCUT2D eigenvalue weighted by atomic mass is 32.2. The van der Waals surface area contributed by atoms with Gasteiger partial charge in [-0.1, -0.05) is 32.0 Å². The Kier molecular flexibility index (Phi) is 3.83. The Hall–Kier alpha value is -0.180. The van der Waals surface area contributed by atoms with E-state index in [1.807, 2.05) is 11.8 Å². The summed E-state index contributed by atoms with van der Waals surface area (Å²) in [4.78, 5) is 4.91. The first-order valence-electron chi connectivity index (χ1n) is 6.52. The summed E-state index contributed by atoms with van der Waals surface area (Å²) in [5.41, 5.74) is 0.498. The summed E-state index contributed by atoms with van der Waals surface area (Å²) in [7, 11) is 0. The number of aliphatic imine (C=N–C) groups is 1. The standard InChI is InChI=1S/C13H24N2S/c1-10-6-8-16-12(14-10)15-11-5-4-7-13(2,3)9-11/h10-11H,4-9H2,1-3H3,(H,14,15). The Morgan fingerprint density at radius 3 is 2.88 bits per heavy atom. The van der Waals surface area contributed by atoms with Crippen molar-refractivity contribution in [2.75, 3.05) is 5.75 Å². The molecule has 1 heterocycles. The van der Waals surface area contributed by atoms with Crippen molar-refractivity contribution in [3.8, 4) is 0 Å². The van der Waals surface area contributed by atoms with E-state index in [0.717, 1.165) is 0 Å². The van der Waals surface area contributed by atoms with Crippen molar-refractivity contribution >= 4 is 16.9 Å². The fourth-order valence-electron chi connectivity index (χ4n) is 2.67. The van der Waals surface area contributed by atoms with E-state index in [-0.39, 0.29) is 0 Å². The SMILES string of the molecule is CC1CCSC(=NC2CCCC(C)(C)C2)N1. The lowest BCUT2D eigenvalue weighted by Gasteiger charge is -2.34. The molecule has 16 heavy (non-hydrogen) atoms. The van der Waals surface area contributed by atoms with Gasteiger partial charge in [0.1, 0.15) is 0 Å². The Bertz CT molecular complexity index is 273. The Balaban J connectivity index is 1.94. The van der Waals surface area contributed by atoms with Crippen LogP contribution in [0.3, 0.4) is 0 Å². The Morgan fingerprint density at radius 2 is 2.19 bits per heavy atom. The summed E-state index contributed by atoms with van der Waals surface area (Å²) in [6.45, 7) is 7.01. The zero-order chi connectivity index (χ0) is 11.6. The van der Waals surface area contributed by atoms with Crippen molar-refractivity contribution in [3.05, 3.63) is 0 Å². The van der Waals surface area contributed by atoms with Crippen LogP contribution in [0.5, 0.6) is 0 Å². The molecule has 0 amide bonds. The molecular formula is C13H24N2S. The van der Waals surface area contributed by atoms with Crippen LogP contribution in [0.25, 0.3) is 0 Å². The smallest absolute Gasteiger partial charge is 0.157 e. The minimum atomic E-state index is 0.498. The fraction of sp³-hybridized carbons (Fsp3) is 0.923. The van der Waals surface area contributed by atoms with Crippen LogP contribution in [-0.2, 0) is 0 Å². The summed E-state index contributed by atoms with van der Waals surface area (Å²) in [5, 5.41) is 4.70. The van der Waals surface area contributed by atoms with Gasteiger partial charge in [-0.05, 0) is 38.0 Å². The molecule has 0 aromatic carbocycles. The molecule has 1 aliphatic heterocycles. The van der Waals surface area contributed by atoms with Crippen LogP contribution in [0.4, 0.5) is 0 Å². The van der Waals surface area contributed by atoms with Crippen LogP contribution in [0.15, 0.2) is 4.99 Å². The Labute approximate surface area is 104 Å². The maximum atomic E-state index is 4.91. The van der Waals surface area contributed by atoms with E-state index >= 15 is 0 Å². The van der Waals surface area contributed by atoms with Gasteiger partial charge in [0.2, 0.25) is 0 Å². The van der Waals surface area contributed by atoms with Gasteiger partial charge in [0, 0.05) is 11.8 Å². The number of nitrogens with zero attached hydrogens (tertiary/aromatic N) is 1. The van der Waals surface area contributed by atoms with Crippen LogP contribution >= 0.6 is 11.8 Å². The third-order valence-corrected chi connectivity index (χ3v) is 4.57. The molecule has 2 unspecified atom stereocenters. The van der Waals surface area contributed by atoms with Crippen molar-refractivity contribution < 1.29 is 0 Å². The van der Waals surface area contributed by atoms with Gasteiger partial charge >= 0.3 is 0 Å². The normalized spacial score (nSPS) is 37.1. The van der Waals surface area contributed by atoms with Crippen LogP contribution in [-0.4, -0.2) is 23.0 Å². The third-order valence-electron chi connectivity index (χ3n) is 3.64. The molecule has 0 radical (unpaired) electrons. The van der Waals surface area contributed by atoms with Gasteiger partial charge in [0.05, 0.1) is 6.04 Å². The fourth-order valence-corrected chi connectivity index (χ4v) is 3.84. The summed E-state index contributed by atoms with van der Waals surface area (Å²) >= 11 is 1.90. The van der Waals surface area contributed by atoms with E-state index in [2.05, 4.69) is 26.1 Å². The zero-order valence-corrected chi connectivity index (χ0v) is 11.6. The predicted octanol–water partition coefficient (Wildman–Crippen LogP) is 3.43. The second-order valence-electron chi connectivity index (χ2n) is 6.03. The second kappa shape index (κ2) is 4.99. The number of thioether (sulfide) groups is 1. The van der Waals surface area contributed by atoms with Crippen molar-refractivity contribution in [2.45, 2.75) is 65.0 Å². The largest absolute Gasteiger partial charge is 0.362 e.